The molecule has 4 aromatic rings. The fraction of sp³-hybridized carbons (Fsp3) is 0.200. The van der Waals surface area contributed by atoms with E-state index in [0.29, 0.717) is 42.2 Å². The first-order valence-electron chi connectivity index (χ1n) is 10.4. The van der Waals surface area contributed by atoms with Crippen molar-refractivity contribution in [3.63, 3.8) is 0 Å². The molecule has 8 heteroatoms. The lowest BCUT2D eigenvalue weighted by atomic mass is 10.1. The number of ether oxygens (including phenoxy) is 1. The molecule has 0 amide bonds. The summed E-state index contributed by atoms with van der Waals surface area (Å²) in [6.07, 6.45) is 1.64. The molecule has 0 aliphatic rings. The molecular formula is C25H23FN2O5. The average molecular weight is 450 g/mol. The number of nitrogens with one attached hydrogen (secondary N) is 1. The molecule has 0 bridgehead atoms. The molecule has 0 saturated heterocycles. The third-order valence-electron chi connectivity index (χ3n) is 5.35. The van der Waals surface area contributed by atoms with Gasteiger partial charge in [-0.2, -0.15) is 0 Å². The second kappa shape index (κ2) is 9.70. The van der Waals surface area contributed by atoms with E-state index in [4.69, 9.17) is 9.15 Å². The minimum absolute atomic E-state index is 0.189. The Balaban J connectivity index is 1.43. The van der Waals surface area contributed by atoms with Gasteiger partial charge in [0.2, 0.25) is 5.43 Å². The van der Waals surface area contributed by atoms with Crippen LogP contribution in [0.4, 0.5) is 4.39 Å². The van der Waals surface area contributed by atoms with E-state index >= 15 is 0 Å². The predicted octanol–water partition coefficient (Wildman–Crippen LogP) is 3.48. The maximum Gasteiger partial charge on any atom is 0.336 e. The Morgan fingerprint density at radius 3 is 2.79 bits per heavy atom. The number of hydrogen-bond donors (Lipinski definition) is 2. The number of fused-ring (bicyclic) bond motifs is 1. The van der Waals surface area contributed by atoms with Crippen LogP contribution in [0.5, 0.6) is 11.5 Å². The fourth-order valence-corrected chi connectivity index (χ4v) is 3.57. The van der Waals surface area contributed by atoms with Crippen molar-refractivity contribution in [2.45, 2.75) is 26.6 Å². The van der Waals surface area contributed by atoms with Gasteiger partial charge in [-0.1, -0.05) is 12.1 Å². The molecule has 0 unspecified atom stereocenters. The molecule has 4 rings (SSSR count). The molecule has 7 nitrogen and oxygen atoms in total. The van der Waals surface area contributed by atoms with Crippen molar-refractivity contribution in [3.8, 4) is 11.5 Å². The lowest BCUT2D eigenvalue weighted by Gasteiger charge is -2.13. The highest BCUT2D eigenvalue weighted by Gasteiger charge is 2.09. The summed E-state index contributed by atoms with van der Waals surface area (Å²) in [6.45, 7) is 3.39. The summed E-state index contributed by atoms with van der Waals surface area (Å²) in [6, 6.07) is 14.2. The van der Waals surface area contributed by atoms with Gasteiger partial charge in [-0.05, 0) is 42.3 Å². The zero-order valence-electron chi connectivity index (χ0n) is 18.0. The standard InChI is InChI=1S/C25H23FN2O5/c1-16-25(31)22(29)7-9-28(16)10-8-27-14-18-12-24(30)33-23-13-20(5-6-21(18)23)32-15-17-3-2-4-19(26)11-17/h2-7,9,11-13,27,31H,8,10,14-15H2,1H3. The monoisotopic (exact) mass is 450 g/mol. The molecule has 2 N–H and O–H groups in total. The summed E-state index contributed by atoms with van der Waals surface area (Å²) in [7, 11) is 0. The van der Waals surface area contributed by atoms with Gasteiger partial charge >= 0.3 is 5.63 Å². The second-order valence-corrected chi connectivity index (χ2v) is 7.65. The van der Waals surface area contributed by atoms with Gasteiger partial charge in [0.05, 0.1) is 5.69 Å². The van der Waals surface area contributed by atoms with Crippen LogP contribution in [0.3, 0.4) is 0 Å². The van der Waals surface area contributed by atoms with Crippen LogP contribution in [0.15, 0.2) is 74.8 Å². The van der Waals surface area contributed by atoms with Crippen molar-refractivity contribution >= 4 is 11.0 Å². The molecule has 0 aliphatic heterocycles. The van der Waals surface area contributed by atoms with Gasteiger partial charge in [-0.15, -0.1) is 0 Å². The van der Waals surface area contributed by atoms with E-state index in [1.807, 2.05) is 6.07 Å². The number of hydrogen-bond acceptors (Lipinski definition) is 6. The fourth-order valence-electron chi connectivity index (χ4n) is 3.57. The van der Waals surface area contributed by atoms with E-state index in [-0.39, 0.29) is 18.2 Å². The van der Waals surface area contributed by atoms with Crippen molar-refractivity contribution in [1.82, 2.24) is 9.88 Å². The van der Waals surface area contributed by atoms with E-state index in [0.717, 1.165) is 10.9 Å². The van der Waals surface area contributed by atoms with Crippen molar-refractivity contribution in [3.05, 3.63) is 104 Å². The largest absolute Gasteiger partial charge is 0.503 e. The Bertz CT molecular complexity index is 1410. The highest BCUT2D eigenvalue weighted by atomic mass is 19.1. The first kappa shape index (κ1) is 22.3. The van der Waals surface area contributed by atoms with Gasteiger partial charge in [-0.3, -0.25) is 4.79 Å². The number of rotatable bonds is 8. The van der Waals surface area contributed by atoms with Gasteiger partial charge in [0.15, 0.2) is 5.75 Å². The van der Waals surface area contributed by atoms with Crippen molar-refractivity contribution in [1.29, 1.82) is 0 Å². The zero-order chi connectivity index (χ0) is 23.4. The summed E-state index contributed by atoms with van der Waals surface area (Å²) >= 11 is 0. The Morgan fingerprint density at radius 2 is 1.97 bits per heavy atom. The molecule has 2 heterocycles. The summed E-state index contributed by atoms with van der Waals surface area (Å²) < 4.78 is 26.2. The van der Waals surface area contributed by atoms with Crippen LogP contribution in [0.2, 0.25) is 0 Å². The third-order valence-corrected chi connectivity index (χ3v) is 5.35. The molecule has 2 aromatic carbocycles. The Hall–Kier alpha value is -3.91. The van der Waals surface area contributed by atoms with Crippen LogP contribution in [-0.4, -0.2) is 16.2 Å². The first-order chi connectivity index (χ1) is 15.9. The molecule has 170 valence electrons. The molecule has 0 atom stereocenters. The van der Waals surface area contributed by atoms with Crippen LogP contribution < -0.4 is 21.1 Å². The predicted molar refractivity (Wildman–Crippen MR) is 122 cm³/mol. The SMILES string of the molecule is Cc1c(O)c(=O)ccn1CCNCc1cc(=O)oc2cc(OCc3cccc(F)c3)ccc12. The Labute approximate surface area is 188 Å². The molecule has 0 fully saturated rings. The molecule has 0 aliphatic carbocycles. The van der Waals surface area contributed by atoms with Crippen molar-refractivity contribution in [2.24, 2.45) is 0 Å². The average Bonchev–Trinajstić information content (AvgIpc) is 2.80. The smallest absolute Gasteiger partial charge is 0.336 e. The minimum atomic E-state index is -0.470. The highest BCUT2D eigenvalue weighted by molar-refractivity contribution is 5.81. The summed E-state index contributed by atoms with van der Waals surface area (Å²) in [4.78, 5) is 23.5. The number of nitrogens with zero attached hydrogens (tertiary/aromatic N) is 1. The third kappa shape index (κ3) is 5.30. The number of halogens is 1. The van der Waals surface area contributed by atoms with E-state index in [1.54, 1.807) is 42.0 Å². The Kier molecular flexibility index (Phi) is 6.55. The lowest BCUT2D eigenvalue weighted by molar-refractivity contribution is 0.305. The van der Waals surface area contributed by atoms with Gasteiger partial charge in [0.25, 0.3) is 0 Å². The number of pyridine rings is 1. The summed E-state index contributed by atoms with van der Waals surface area (Å²) in [5.74, 6) is -0.0707. The molecule has 2 aromatic heterocycles. The minimum Gasteiger partial charge on any atom is -0.503 e. The quantitative estimate of drug-likeness (QED) is 0.315. The molecule has 0 saturated carbocycles. The number of benzene rings is 2. The normalized spacial score (nSPS) is 11.1. The molecular weight excluding hydrogens is 427 g/mol. The van der Waals surface area contributed by atoms with Gasteiger partial charge in [-0.25, -0.2) is 9.18 Å². The van der Waals surface area contributed by atoms with E-state index in [1.165, 1.54) is 24.3 Å². The van der Waals surface area contributed by atoms with Crippen LogP contribution in [0.1, 0.15) is 16.8 Å². The maximum atomic E-state index is 13.3. The van der Waals surface area contributed by atoms with Crippen LogP contribution >= 0.6 is 0 Å². The lowest BCUT2D eigenvalue weighted by Crippen LogP contribution is -2.22. The molecule has 0 radical (unpaired) electrons. The first-order valence-corrected chi connectivity index (χ1v) is 10.4. The Morgan fingerprint density at radius 1 is 1.12 bits per heavy atom. The van der Waals surface area contributed by atoms with Crippen LogP contribution in [-0.2, 0) is 19.7 Å². The van der Waals surface area contributed by atoms with Gasteiger partial charge in [0.1, 0.15) is 23.8 Å². The number of aromatic nitrogens is 1. The molecule has 33 heavy (non-hydrogen) atoms. The van der Waals surface area contributed by atoms with E-state index in [2.05, 4.69) is 5.32 Å². The summed E-state index contributed by atoms with van der Waals surface area (Å²) in [5.41, 5.74) is 1.50. The zero-order valence-corrected chi connectivity index (χ0v) is 18.0. The van der Waals surface area contributed by atoms with Crippen molar-refractivity contribution in [2.75, 3.05) is 6.54 Å². The maximum absolute atomic E-state index is 13.3. The molecule has 0 spiro atoms. The number of aromatic hydroxyl groups is 1. The highest BCUT2D eigenvalue weighted by Crippen LogP contribution is 2.23. The topological polar surface area (TPSA) is 93.7 Å². The van der Waals surface area contributed by atoms with E-state index in [9.17, 15) is 19.1 Å². The van der Waals surface area contributed by atoms with Crippen LogP contribution in [0, 0.1) is 12.7 Å². The van der Waals surface area contributed by atoms with Crippen molar-refractivity contribution < 1.29 is 18.7 Å². The van der Waals surface area contributed by atoms with Crippen LogP contribution in [0.25, 0.3) is 11.0 Å². The van der Waals surface area contributed by atoms with Gasteiger partial charge in [0, 0.05) is 49.4 Å². The van der Waals surface area contributed by atoms with E-state index < -0.39 is 11.1 Å². The second-order valence-electron chi connectivity index (χ2n) is 7.65. The summed E-state index contributed by atoms with van der Waals surface area (Å²) in [5, 5.41) is 13.8. The van der Waals surface area contributed by atoms with Gasteiger partial charge < -0.3 is 24.1 Å².